The molecule has 1 N–H and O–H groups in total. The zero-order chi connectivity index (χ0) is 8.97. The average Bonchev–Trinajstić information content (AvgIpc) is 2.28. The molecular formula is C11H16O. The first-order valence-corrected chi connectivity index (χ1v) is 4.48. The third-order valence-electron chi connectivity index (χ3n) is 2.16. The molecule has 1 nitrogen and oxygen atoms in total. The Kier molecular flexibility index (Phi) is 3.30. The van der Waals surface area contributed by atoms with Gasteiger partial charge < -0.3 is 5.11 Å². The largest absolute Gasteiger partial charge is 0.389 e. The van der Waals surface area contributed by atoms with E-state index in [1.165, 1.54) is 5.57 Å². The molecule has 0 bridgehead atoms. The van der Waals surface area contributed by atoms with Gasteiger partial charge in [-0.3, -0.25) is 0 Å². The fourth-order valence-corrected chi connectivity index (χ4v) is 1.25. The highest BCUT2D eigenvalue weighted by Gasteiger charge is 2.02. The summed E-state index contributed by atoms with van der Waals surface area (Å²) in [6.07, 6.45) is 9.95. The van der Waals surface area contributed by atoms with Gasteiger partial charge in [-0.1, -0.05) is 36.8 Å². The molecule has 0 aromatic rings. The molecule has 66 valence electrons. The Morgan fingerprint density at radius 1 is 1.58 bits per heavy atom. The second kappa shape index (κ2) is 4.27. The summed E-state index contributed by atoms with van der Waals surface area (Å²) in [5.41, 5.74) is 2.44. The van der Waals surface area contributed by atoms with Crippen LogP contribution in [0.4, 0.5) is 0 Å². The van der Waals surface area contributed by atoms with Crippen LogP contribution in [0.3, 0.4) is 0 Å². The molecule has 1 atom stereocenters. The van der Waals surface area contributed by atoms with Gasteiger partial charge in [-0.2, -0.15) is 0 Å². The molecule has 1 unspecified atom stereocenters. The third kappa shape index (κ3) is 2.35. The highest BCUT2D eigenvalue weighted by Crippen LogP contribution is 2.16. The van der Waals surface area contributed by atoms with Gasteiger partial charge in [0.1, 0.15) is 0 Å². The lowest BCUT2D eigenvalue weighted by molar-refractivity contribution is 0.235. The summed E-state index contributed by atoms with van der Waals surface area (Å²) in [4.78, 5) is 0. The molecule has 0 aromatic carbocycles. The van der Waals surface area contributed by atoms with Crippen LogP contribution in [0.25, 0.3) is 0 Å². The monoisotopic (exact) mass is 164 g/mol. The fourth-order valence-electron chi connectivity index (χ4n) is 1.25. The Morgan fingerprint density at radius 3 is 2.92 bits per heavy atom. The molecule has 0 fully saturated rings. The van der Waals surface area contributed by atoms with Crippen molar-refractivity contribution in [2.45, 2.75) is 32.8 Å². The molecule has 0 aliphatic heterocycles. The van der Waals surface area contributed by atoms with Gasteiger partial charge in [0, 0.05) is 0 Å². The van der Waals surface area contributed by atoms with Gasteiger partial charge in [0.05, 0.1) is 6.10 Å². The van der Waals surface area contributed by atoms with Crippen molar-refractivity contribution in [2.24, 2.45) is 0 Å². The Balaban J connectivity index is 2.71. The van der Waals surface area contributed by atoms with Crippen LogP contribution in [0, 0.1) is 0 Å². The first-order chi connectivity index (χ1) is 5.74. The molecule has 1 heteroatoms. The summed E-state index contributed by atoms with van der Waals surface area (Å²) >= 11 is 0. The number of allylic oxidation sites excluding steroid dienone is 4. The summed E-state index contributed by atoms with van der Waals surface area (Å²) in [6, 6.07) is 0. The van der Waals surface area contributed by atoms with Crippen molar-refractivity contribution in [2.75, 3.05) is 0 Å². The average molecular weight is 164 g/mol. The van der Waals surface area contributed by atoms with E-state index < -0.39 is 0 Å². The highest BCUT2D eigenvalue weighted by molar-refractivity contribution is 5.31. The summed E-state index contributed by atoms with van der Waals surface area (Å²) in [5.74, 6) is 0. The van der Waals surface area contributed by atoms with E-state index in [0.29, 0.717) is 0 Å². The van der Waals surface area contributed by atoms with E-state index in [9.17, 15) is 5.11 Å². The van der Waals surface area contributed by atoms with Crippen LogP contribution in [0.5, 0.6) is 0 Å². The van der Waals surface area contributed by atoms with Crippen molar-refractivity contribution in [3.8, 4) is 0 Å². The lowest BCUT2D eigenvalue weighted by atomic mass is 10.1. The summed E-state index contributed by atoms with van der Waals surface area (Å²) in [7, 11) is 0. The molecule has 1 aliphatic carbocycles. The minimum atomic E-state index is -0.342. The topological polar surface area (TPSA) is 20.2 Å². The van der Waals surface area contributed by atoms with Crippen molar-refractivity contribution in [3.63, 3.8) is 0 Å². The molecule has 0 spiro atoms. The van der Waals surface area contributed by atoms with Crippen LogP contribution in [0.1, 0.15) is 26.7 Å². The van der Waals surface area contributed by atoms with E-state index >= 15 is 0 Å². The van der Waals surface area contributed by atoms with Gasteiger partial charge in [-0.25, -0.2) is 0 Å². The predicted molar refractivity (Wildman–Crippen MR) is 51.9 cm³/mol. The van der Waals surface area contributed by atoms with Gasteiger partial charge in [-0.05, 0) is 25.3 Å². The molecule has 0 heterocycles. The van der Waals surface area contributed by atoms with E-state index in [2.05, 4.69) is 19.1 Å². The maximum absolute atomic E-state index is 9.32. The Bertz CT molecular complexity index is 231. The molecule has 0 saturated carbocycles. The van der Waals surface area contributed by atoms with Crippen LogP contribution in [-0.2, 0) is 0 Å². The lowest BCUT2D eigenvalue weighted by Gasteiger charge is -2.03. The molecule has 12 heavy (non-hydrogen) atoms. The third-order valence-corrected chi connectivity index (χ3v) is 2.16. The zero-order valence-electron chi connectivity index (χ0n) is 7.75. The lowest BCUT2D eigenvalue weighted by Crippen LogP contribution is -2.01. The zero-order valence-corrected chi connectivity index (χ0v) is 7.75. The first-order valence-electron chi connectivity index (χ1n) is 4.48. The van der Waals surface area contributed by atoms with E-state index in [1.54, 1.807) is 6.92 Å². The summed E-state index contributed by atoms with van der Waals surface area (Å²) in [5, 5.41) is 9.32. The number of aliphatic hydroxyl groups excluding tert-OH is 1. The molecular weight excluding hydrogens is 148 g/mol. The quantitative estimate of drug-likeness (QED) is 0.665. The SMILES string of the molecule is CCC1=CC=CC(C(C)O)=CC1. The van der Waals surface area contributed by atoms with E-state index in [4.69, 9.17) is 0 Å². The van der Waals surface area contributed by atoms with Crippen molar-refractivity contribution in [3.05, 3.63) is 35.5 Å². The predicted octanol–water partition coefficient (Wildman–Crippen LogP) is 2.59. The molecule has 0 saturated heterocycles. The van der Waals surface area contributed by atoms with Gasteiger partial charge in [0.25, 0.3) is 0 Å². The molecule has 0 amide bonds. The minimum absolute atomic E-state index is 0.342. The van der Waals surface area contributed by atoms with Crippen LogP contribution in [-0.4, -0.2) is 11.2 Å². The number of aliphatic hydroxyl groups is 1. The van der Waals surface area contributed by atoms with Crippen molar-refractivity contribution in [1.29, 1.82) is 0 Å². The maximum atomic E-state index is 9.32. The van der Waals surface area contributed by atoms with Crippen LogP contribution in [0.2, 0.25) is 0 Å². The van der Waals surface area contributed by atoms with Gasteiger partial charge in [-0.15, -0.1) is 0 Å². The summed E-state index contributed by atoms with van der Waals surface area (Å²) in [6.45, 7) is 3.95. The standard InChI is InChI=1S/C11H16O/c1-3-10-5-4-6-11(8-7-10)9(2)12/h4-6,8-9,12H,3,7H2,1-2H3. The second-order valence-corrected chi connectivity index (χ2v) is 3.12. The number of hydrogen-bond donors (Lipinski definition) is 1. The van der Waals surface area contributed by atoms with Gasteiger partial charge >= 0.3 is 0 Å². The van der Waals surface area contributed by atoms with Crippen molar-refractivity contribution < 1.29 is 5.11 Å². The van der Waals surface area contributed by atoms with Gasteiger partial charge in [0.2, 0.25) is 0 Å². The fraction of sp³-hybridized carbons (Fsp3) is 0.455. The van der Waals surface area contributed by atoms with Crippen LogP contribution < -0.4 is 0 Å². The Morgan fingerprint density at radius 2 is 2.33 bits per heavy atom. The molecule has 0 radical (unpaired) electrons. The summed E-state index contributed by atoms with van der Waals surface area (Å²) < 4.78 is 0. The van der Waals surface area contributed by atoms with Crippen molar-refractivity contribution in [1.82, 2.24) is 0 Å². The smallest absolute Gasteiger partial charge is 0.0758 e. The van der Waals surface area contributed by atoms with E-state index in [0.717, 1.165) is 18.4 Å². The molecule has 1 aliphatic rings. The van der Waals surface area contributed by atoms with Gasteiger partial charge in [0.15, 0.2) is 0 Å². The van der Waals surface area contributed by atoms with E-state index in [1.807, 2.05) is 12.2 Å². The Labute approximate surface area is 74.1 Å². The van der Waals surface area contributed by atoms with Crippen molar-refractivity contribution >= 4 is 0 Å². The van der Waals surface area contributed by atoms with Crippen LogP contribution in [0.15, 0.2) is 35.5 Å². The normalized spacial score (nSPS) is 19.6. The molecule has 0 aromatic heterocycles. The number of hydrogen-bond acceptors (Lipinski definition) is 1. The second-order valence-electron chi connectivity index (χ2n) is 3.12. The van der Waals surface area contributed by atoms with E-state index in [-0.39, 0.29) is 6.10 Å². The maximum Gasteiger partial charge on any atom is 0.0758 e. The Hall–Kier alpha value is -0.820. The highest BCUT2D eigenvalue weighted by atomic mass is 16.3. The number of rotatable bonds is 2. The van der Waals surface area contributed by atoms with Crippen LogP contribution >= 0.6 is 0 Å². The minimum Gasteiger partial charge on any atom is -0.389 e. The molecule has 1 rings (SSSR count). The first kappa shape index (κ1) is 9.27.